The largest absolute Gasteiger partial charge is 0.469 e. The number of hydrogen-bond acceptors (Lipinski definition) is 3. The van der Waals surface area contributed by atoms with E-state index in [2.05, 4.69) is 0 Å². The molecule has 2 saturated heterocycles. The summed E-state index contributed by atoms with van der Waals surface area (Å²) in [7, 11) is 0. The van der Waals surface area contributed by atoms with Crippen LogP contribution in [0.25, 0.3) is 0 Å². The highest BCUT2D eigenvalue weighted by atomic mass is 32.2. The van der Waals surface area contributed by atoms with Crippen molar-refractivity contribution in [3.8, 4) is 0 Å². The van der Waals surface area contributed by atoms with Crippen LogP contribution in [0, 0.1) is 0 Å². The van der Waals surface area contributed by atoms with Gasteiger partial charge in [0.05, 0.1) is 11.6 Å². The number of rotatable bonds is 1. The van der Waals surface area contributed by atoms with Crippen LogP contribution in [0.2, 0.25) is 0 Å². The van der Waals surface area contributed by atoms with Gasteiger partial charge in [0.25, 0.3) is 0 Å². The Labute approximate surface area is 92.8 Å². The summed E-state index contributed by atoms with van der Waals surface area (Å²) in [5.41, 5.74) is 0. The fourth-order valence-electron chi connectivity index (χ4n) is 2.40. The smallest absolute Gasteiger partial charge is 0.224 e. The van der Waals surface area contributed by atoms with Crippen LogP contribution in [-0.4, -0.2) is 28.5 Å². The number of amides is 1. The third-order valence-electron chi connectivity index (χ3n) is 3.16. The molecule has 0 aromatic carbocycles. The first-order valence-corrected chi connectivity index (χ1v) is 6.34. The van der Waals surface area contributed by atoms with Crippen LogP contribution >= 0.6 is 11.8 Å². The van der Waals surface area contributed by atoms with E-state index in [0.29, 0.717) is 17.7 Å². The van der Waals surface area contributed by atoms with E-state index in [1.54, 1.807) is 6.26 Å². The predicted molar refractivity (Wildman–Crippen MR) is 58.6 cm³/mol. The number of thioether (sulfide) groups is 1. The van der Waals surface area contributed by atoms with Gasteiger partial charge in [-0.1, -0.05) is 0 Å². The van der Waals surface area contributed by atoms with Gasteiger partial charge in [-0.15, -0.1) is 11.8 Å². The van der Waals surface area contributed by atoms with Gasteiger partial charge in [-0.05, 0) is 18.6 Å². The maximum atomic E-state index is 11.9. The lowest BCUT2D eigenvalue weighted by molar-refractivity contribution is -0.134. The van der Waals surface area contributed by atoms with Crippen molar-refractivity contribution in [1.29, 1.82) is 0 Å². The topological polar surface area (TPSA) is 33.5 Å². The molecule has 3 rings (SSSR count). The van der Waals surface area contributed by atoms with Crippen LogP contribution in [0.15, 0.2) is 22.8 Å². The van der Waals surface area contributed by atoms with Crippen LogP contribution < -0.4 is 0 Å². The molecule has 1 aromatic rings. The number of carbonyl (C=O) groups excluding carboxylic acids is 1. The maximum absolute atomic E-state index is 11.9. The van der Waals surface area contributed by atoms with Gasteiger partial charge in [-0.25, -0.2) is 0 Å². The van der Waals surface area contributed by atoms with E-state index >= 15 is 0 Å². The van der Waals surface area contributed by atoms with E-state index in [0.717, 1.165) is 24.5 Å². The summed E-state index contributed by atoms with van der Waals surface area (Å²) in [4.78, 5) is 13.9. The molecule has 2 fully saturated rings. The molecule has 3 heterocycles. The molecule has 0 unspecified atom stereocenters. The highest BCUT2D eigenvalue weighted by Gasteiger charge is 2.38. The van der Waals surface area contributed by atoms with Crippen molar-refractivity contribution >= 4 is 17.7 Å². The van der Waals surface area contributed by atoms with E-state index in [1.165, 1.54) is 0 Å². The minimum Gasteiger partial charge on any atom is -0.469 e. The van der Waals surface area contributed by atoms with Crippen LogP contribution in [0.3, 0.4) is 0 Å². The lowest BCUT2D eigenvalue weighted by atomic mass is 9.94. The Bertz CT molecular complexity index is 363. The highest BCUT2D eigenvalue weighted by molar-refractivity contribution is 8.00. The van der Waals surface area contributed by atoms with E-state index in [9.17, 15) is 4.79 Å². The molecular weight excluding hydrogens is 210 g/mol. The van der Waals surface area contributed by atoms with Gasteiger partial charge in [-0.3, -0.25) is 4.79 Å². The zero-order chi connectivity index (χ0) is 10.3. The minimum absolute atomic E-state index is 0.289. The van der Waals surface area contributed by atoms with Crippen molar-refractivity contribution in [3.63, 3.8) is 0 Å². The molecule has 0 spiro atoms. The molecule has 2 aliphatic heterocycles. The third kappa shape index (κ3) is 1.57. The van der Waals surface area contributed by atoms with Gasteiger partial charge in [-0.2, -0.15) is 0 Å². The number of nitrogens with zero attached hydrogens (tertiary/aromatic N) is 1. The molecule has 0 radical (unpaired) electrons. The second-order valence-electron chi connectivity index (χ2n) is 4.06. The van der Waals surface area contributed by atoms with Crippen molar-refractivity contribution < 1.29 is 9.21 Å². The molecule has 1 aromatic heterocycles. The Kier molecular flexibility index (Phi) is 2.24. The summed E-state index contributed by atoms with van der Waals surface area (Å²) in [5, 5.41) is 0.390. The van der Waals surface area contributed by atoms with Crippen molar-refractivity contribution in [2.45, 2.75) is 24.1 Å². The number of fused-ring (bicyclic) bond motifs is 1. The monoisotopic (exact) mass is 223 g/mol. The molecule has 1 amide bonds. The molecule has 15 heavy (non-hydrogen) atoms. The summed E-state index contributed by atoms with van der Waals surface area (Å²) in [6, 6.07) is 3.88. The predicted octanol–water partition coefficient (Wildman–Crippen LogP) is 2.06. The van der Waals surface area contributed by atoms with Crippen LogP contribution in [0.1, 0.15) is 24.5 Å². The average Bonchev–Trinajstić information content (AvgIpc) is 2.88. The first-order chi connectivity index (χ1) is 7.34. The maximum Gasteiger partial charge on any atom is 0.224 e. The van der Waals surface area contributed by atoms with Crippen LogP contribution in [-0.2, 0) is 4.79 Å². The lowest BCUT2D eigenvalue weighted by Gasteiger charge is -2.32. The zero-order valence-electron chi connectivity index (χ0n) is 8.39. The fourth-order valence-corrected chi connectivity index (χ4v) is 3.74. The Morgan fingerprint density at radius 3 is 3.27 bits per heavy atom. The summed E-state index contributed by atoms with van der Waals surface area (Å²) in [6.45, 7) is 0.930. The van der Waals surface area contributed by atoms with Crippen molar-refractivity contribution in [2.24, 2.45) is 0 Å². The zero-order valence-corrected chi connectivity index (χ0v) is 9.20. The van der Waals surface area contributed by atoms with Crippen LogP contribution in [0.5, 0.6) is 0 Å². The first kappa shape index (κ1) is 9.33. The second kappa shape index (κ2) is 3.59. The normalized spacial score (nSPS) is 30.7. The molecule has 3 nitrogen and oxygen atoms in total. The second-order valence-corrected chi connectivity index (χ2v) is 5.35. The number of furan rings is 1. The molecule has 80 valence electrons. The minimum atomic E-state index is 0.289. The standard InChI is InChI=1S/C11H13NO2S/c13-10-6-8(9-2-1-4-14-9)7-11-12(10)3-5-15-11/h1-2,4,8,11H,3,5-7H2/t8-,11-/m0/s1. The van der Waals surface area contributed by atoms with E-state index in [-0.39, 0.29) is 5.91 Å². The molecule has 2 aliphatic rings. The Morgan fingerprint density at radius 2 is 2.47 bits per heavy atom. The third-order valence-corrected chi connectivity index (χ3v) is 4.41. The molecule has 0 bridgehead atoms. The molecule has 0 saturated carbocycles. The number of hydrogen-bond donors (Lipinski definition) is 0. The fraction of sp³-hybridized carbons (Fsp3) is 0.545. The first-order valence-electron chi connectivity index (χ1n) is 5.29. The van der Waals surface area contributed by atoms with E-state index in [4.69, 9.17) is 4.42 Å². The van der Waals surface area contributed by atoms with Crippen LogP contribution in [0.4, 0.5) is 0 Å². The van der Waals surface area contributed by atoms with Gasteiger partial charge in [0.2, 0.25) is 5.91 Å². The number of piperidine rings is 1. The quantitative estimate of drug-likeness (QED) is 0.730. The summed E-state index contributed by atoms with van der Waals surface area (Å²) in [6.07, 6.45) is 3.35. The summed E-state index contributed by atoms with van der Waals surface area (Å²) >= 11 is 1.89. The highest BCUT2D eigenvalue weighted by Crippen LogP contribution is 2.39. The van der Waals surface area contributed by atoms with Gasteiger partial charge < -0.3 is 9.32 Å². The number of carbonyl (C=O) groups is 1. The van der Waals surface area contributed by atoms with E-state index in [1.807, 2.05) is 28.8 Å². The SMILES string of the molecule is O=C1C[C@H](c2ccco2)C[C@@H]2SCCN12. The Morgan fingerprint density at radius 1 is 1.53 bits per heavy atom. The van der Waals surface area contributed by atoms with Crippen molar-refractivity contribution in [3.05, 3.63) is 24.2 Å². The Hall–Kier alpha value is -0.900. The van der Waals surface area contributed by atoms with Crippen molar-refractivity contribution in [2.75, 3.05) is 12.3 Å². The molecule has 4 heteroatoms. The molecule has 2 atom stereocenters. The molecule has 0 N–H and O–H groups in total. The van der Waals surface area contributed by atoms with E-state index < -0.39 is 0 Å². The Balaban J connectivity index is 1.81. The van der Waals surface area contributed by atoms with Crippen molar-refractivity contribution in [1.82, 2.24) is 4.90 Å². The summed E-state index contributed by atoms with van der Waals surface area (Å²) in [5.74, 6) is 2.63. The molecular formula is C11H13NO2S. The molecule has 0 aliphatic carbocycles. The average molecular weight is 223 g/mol. The van der Waals surface area contributed by atoms with Gasteiger partial charge in [0, 0.05) is 24.6 Å². The van der Waals surface area contributed by atoms with Gasteiger partial charge in [0.15, 0.2) is 0 Å². The van der Waals surface area contributed by atoms with Gasteiger partial charge >= 0.3 is 0 Å². The van der Waals surface area contributed by atoms with Gasteiger partial charge in [0.1, 0.15) is 5.76 Å². The lowest BCUT2D eigenvalue weighted by Crippen LogP contribution is -2.40. The summed E-state index contributed by atoms with van der Waals surface area (Å²) < 4.78 is 5.39.